The molecule has 9 heteroatoms. The number of hydrogen-bond acceptors (Lipinski definition) is 5. The summed E-state index contributed by atoms with van der Waals surface area (Å²) in [6.07, 6.45) is 7.71. The van der Waals surface area contributed by atoms with Crippen molar-refractivity contribution in [2.75, 3.05) is 26.9 Å². The van der Waals surface area contributed by atoms with E-state index in [1.54, 1.807) is 19.2 Å². The second kappa shape index (κ2) is 14.0. The monoisotopic (exact) mass is 545 g/mol. The first-order valence-electron chi connectivity index (χ1n) is 10.9. The van der Waals surface area contributed by atoms with E-state index in [-0.39, 0.29) is 11.1 Å². The minimum absolute atomic E-state index is 0.130. The average Bonchev–Trinajstić information content (AvgIpc) is 2.81. The van der Waals surface area contributed by atoms with E-state index >= 15 is 0 Å². The Bertz CT molecular complexity index is 968. The van der Waals surface area contributed by atoms with Crippen molar-refractivity contribution in [3.63, 3.8) is 0 Å². The van der Waals surface area contributed by atoms with Crippen molar-refractivity contribution < 1.29 is 19.0 Å². The third-order valence-electron chi connectivity index (χ3n) is 5.17. The molecular weight excluding hydrogens is 520 g/mol. The number of hydroxylamine groups is 1. The molecule has 1 aliphatic carbocycles. The number of ether oxygens (including phenoxy) is 3. The number of hydrogen-bond donors (Lipinski definition) is 1. The second-order valence-corrected chi connectivity index (χ2v) is 9.46. The number of halogens is 4. The van der Waals surface area contributed by atoms with Gasteiger partial charge in [-0.1, -0.05) is 64.6 Å². The van der Waals surface area contributed by atoms with Crippen LogP contribution in [0.2, 0.25) is 10.0 Å². The van der Waals surface area contributed by atoms with E-state index in [0.29, 0.717) is 47.1 Å². The SMILES string of the molecule is CONC1=CC(c2ccc(OCCCOc3c(Cl)cc(OCC=C(Cl)Cl)cc3Cl)cc2)CCC1. The molecule has 1 N–H and O–H groups in total. The molecule has 34 heavy (non-hydrogen) atoms. The number of benzene rings is 2. The third kappa shape index (κ3) is 8.47. The summed E-state index contributed by atoms with van der Waals surface area (Å²) in [5.41, 5.74) is 5.36. The average molecular weight is 547 g/mol. The van der Waals surface area contributed by atoms with E-state index in [1.807, 2.05) is 12.1 Å². The van der Waals surface area contributed by atoms with Gasteiger partial charge in [0.25, 0.3) is 0 Å². The lowest BCUT2D eigenvalue weighted by molar-refractivity contribution is 0.113. The fraction of sp³-hybridized carbons (Fsp3) is 0.360. The molecule has 0 heterocycles. The van der Waals surface area contributed by atoms with E-state index in [9.17, 15) is 0 Å². The van der Waals surface area contributed by atoms with Gasteiger partial charge in [-0.15, -0.1) is 0 Å². The van der Waals surface area contributed by atoms with E-state index < -0.39 is 0 Å². The third-order valence-corrected chi connectivity index (χ3v) is 6.04. The van der Waals surface area contributed by atoms with E-state index in [1.165, 1.54) is 11.6 Å². The molecular formula is C25H27Cl4NO4. The molecule has 0 fully saturated rings. The van der Waals surface area contributed by atoms with Gasteiger partial charge in [0.2, 0.25) is 0 Å². The topological polar surface area (TPSA) is 49.0 Å². The molecule has 3 rings (SSSR count). The van der Waals surface area contributed by atoms with Crippen LogP contribution in [0.25, 0.3) is 0 Å². The van der Waals surface area contributed by atoms with Crippen molar-refractivity contribution >= 4 is 46.4 Å². The van der Waals surface area contributed by atoms with Crippen molar-refractivity contribution in [1.82, 2.24) is 5.48 Å². The maximum atomic E-state index is 6.29. The largest absolute Gasteiger partial charge is 0.493 e. The van der Waals surface area contributed by atoms with Crippen LogP contribution >= 0.6 is 46.4 Å². The molecule has 0 radical (unpaired) electrons. The molecule has 184 valence electrons. The smallest absolute Gasteiger partial charge is 0.156 e. The number of nitrogens with one attached hydrogen (secondary N) is 1. The molecule has 0 spiro atoms. The van der Waals surface area contributed by atoms with E-state index in [4.69, 9.17) is 65.5 Å². The molecule has 0 saturated heterocycles. The van der Waals surface area contributed by atoms with Crippen LogP contribution in [0.1, 0.15) is 37.2 Å². The molecule has 0 saturated carbocycles. The number of allylic oxidation sites excluding steroid dienone is 2. The molecule has 0 amide bonds. The van der Waals surface area contributed by atoms with Gasteiger partial charge >= 0.3 is 0 Å². The summed E-state index contributed by atoms with van der Waals surface area (Å²) in [4.78, 5) is 5.04. The van der Waals surface area contributed by atoms with Gasteiger partial charge < -0.3 is 14.2 Å². The molecule has 0 aromatic heterocycles. The van der Waals surface area contributed by atoms with E-state index in [2.05, 4.69) is 23.7 Å². The van der Waals surface area contributed by atoms with Gasteiger partial charge in [0.1, 0.15) is 22.6 Å². The fourth-order valence-electron chi connectivity index (χ4n) is 3.59. The van der Waals surface area contributed by atoms with Gasteiger partial charge in [0, 0.05) is 30.2 Å². The normalized spacial score (nSPS) is 15.3. The first kappa shape index (κ1) is 26.8. The Morgan fingerprint density at radius 1 is 1.00 bits per heavy atom. The standard InChI is InChI=1S/C25H27Cl4NO4/c1-31-30-19-5-2-4-18(14-19)17-6-8-20(9-7-17)32-11-3-12-34-25-22(26)15-21(16-23(25)27)33-13-10-24(28)29/h6-10,14-16,18,30H,2-5,11-13H2,1H3. The summed E-state index contributed by atoms with van der Waals surface area (Å²) in [6.45, 7) is 1.12. The van der Waals surface area contributed by atoms with Crippen LogP contribution in [0.5, 0.6) is 17.2 Å². The zero-order chi connectivity index (χ0) is 24.3. The summed E-state index contributed by atoms with van der Waals surface area (Å²) < 4.78 is 17.2. The summed E-state index contributed by atoms with van der Waals surface area (Å²) >= 11 is 23.7. The van der Waals surface area contributed by atoms with Crippen molar-refractivity contribution in [1.29, 1.82) is 0 Å². The minimum atomic E-state index is 0.130. The Balaban J connectivity index is 1.43. The molecule has 1 unspecified atom stereocenters. The zero-order valence-electron chi connectivity index (χ0n) is 18.8. The van der Waals surface area contributed by atoms with Gasteiger partial charge in [0.05, 0.1) is 30.4 Å². The Morgan fingerprint density at radius 3 is 2.38 bits per heavy atom. The number of rotatable bonds is 12. The highest BCUT2D eigenvalue weighted by Crippen LogP contribution is 2.37. The molecule has 5 nitrogen and oxygen atoms in total. The quantitative estimate of drug-likeness (QED) is 0.217. The van der Waals surface area contributed by atoms with Crippen LogP contribution in [0.4, 0.5) is 0 Å². The fourth-order valence-corrected chi connectivity index (χ4v) is 4.30. The highest BCUT2D eigenvalue weighted by atomic mass is 35.5. The molecule has 0 aliphatic heterocycles. The van der Waals surface area contributed by atoms with Crippen molar-refractivity contribution in [3.8, 4) is 17.2 Å². The highest BCUT2D eigenvalue weighted by Gasteiger charge is 2.16. The van der Waals surface area contributed by atoms with Crippen LogP contribution in [-0.4, -0.2) is 26.9 Å². The van der Waals surface area contributed by atoms with Gasteiger partial charge in [-0.2, -0.15) is 0 Å². The van der Waals surface area contributed by atoms with Crippen LogP contribution < -0.4 is 19.7 Å². The van der Waals surface area contributed by atoms with Crippen molar-refractivity contribution in [2.24, 2.45) is 0 Å². The molecule has 2 aromatic rings. The lowest BCUT2D eigenvalue weighted by Crippen LogP contribution is -2.16. The van der Waals surface area contributed by atoms with E-state index in [0.717, 1.165) is 30.7 Å². The molecule has 1 aliphatic rings. The Kier molecular flexibility index (Phi) is 11.0. The Morgan fingerprint density at radius 2 is 1.71 bits per heavy atom. The molecule has 1 atom stereocenters. The first-order valence-corrected chi connectivity index (χ1v) is 12.5. The lowest BCUT2D eigenvalue weighted by Gasteiger charge is -2.21. The summed E-state index contributed by atoms with van der Waals surface area (Å²) in [5, 5.41) is 0.723. The molecule has 2 aromatic carbocycles. The maximum absolute atomic E-state index is 6.29. The van der Waals surface area contributed by atoms with Gasteiger partial charge in [0.15, 0.2) is 5.75 Å². The summed E-state index contributed by atoms with van der Waals surface area (Å²) in [7, 11) is 1.64. The minimum Gasteiger partial charge on any atom is -0.493 e. The lowest BCUT2D eigenvalue weighted by atomic mass is 9.88. The Labute approximate surface area is 220 Å². The van der Waals surface area contributed by atoms with Crippen LogP contribution in [0, 0.1) is 0 Å². The first-order chi connectivity index (χ1) is 16.5. The zero-order valence-corrected chi connectivity index (χ0v) is 21.8. The van der Waals surface area contributed by atoms with Crippen LogP contribution in [-0.2, 0) is 4.84 Å². The predicted molar refractivity (Wildman–Crippen MR) is 139 cm³/mol. The predicted octanol–water partition coefficient (Wildman–Crippen LogP) is 7.84. The van der Waals surface area contributed by atoms with Crippen LogP contribution in [0.3, 0.4) is 0 Å². The van der Waals surface area contributed by atoms with Gasteiger partial charge in [-0.25, -0.2) is 0 Å². The van der Waals surface area contributed by atoms with Crippen molar-refractivity contribution in [3.05, 3.63) is 74.3 Å². The van der Waals surface area contributed by atoms with Crippen LogP contribution in [0.15, 0.2) is 58.7 Å². The highest BCUT2D eigenvalue weighted by molar-refractivity contribution is 6.55. The maximum Gasteiger partial charge on any atom is 0.156 e. The van der Waals surface area contributed by atoms with Gasteiger partial charge in [-0.05, 0) is 43.0 Å². The Hall–Kier alpha value is -1.76. The molecule has 0 bridgehead atoms. The summed E-state index contributed by atoms with van der Waals surface area (Å²) in [5.74, 6) is 2.11. The summed E-state index contributed by atoms with van der Waals surface area (Å²) in [6, 6.07) is 11.5. The van der Waals surface area contributed by atoms with Crippen molar-refractivity contribution in [2.45, 2.75) is 31.6 Å². The van der Waals surface area contributed by atoms with Gasteiger partial charge in [-0.3, -0.25) is 10.3 Å². The second-order valence-electron chi connectivity index (χ2n) is 7.64.